The molecule has 0 bridgehead atoms. The van der Waals surface area contributed by atoms with Crippen LogP contribution in [0.4, 0.5) is 0 Å². The molecule has 0 spiro atoms. The van der Waals surface area contributed by atoms with E-state index >= 15 is 0 Å². The molecular formula is C6H14NO+. The highest BCUT2D eigenvalue weighted by molar-refractivity contribution is 4.81. The summed E-state index contributed by atoms with van der Waals surface area (Å²) in [5.74, 6) is 0. The standard InChI is InChI=1S/C6H13NO/c7-6(5-8)3-1-2-4-6/h8H,1-5,7H2/p+1. The highest BCUT2D eigenvalue weighted by atomic mass is 16.3. The van der Waals surface area contributed by atoms with Gasteiger partial charge in [0.05, 0.1) is 6.61 Å². The molecular weight excluding hydrogens is 102 g/mol. The predicted octanol–water partition coefficient (Wildman–Crippen LogP) is -0.467. The van der Waals surface area contributed by atoms with E-state index < -0.39 is 0 Å². The zero-order valence-electron chi connectivity index (χ0n) is 5.19. The Morgan fingerprint density at radius 1 is 1.38 bits per heavy atom. The van der Waals surface area contributed by atoms with E-state index in [4.69, 9.17) is 5.11 Å². The monoisotopic (exact) mass is 116 g/mol. The molecule has 8 heavy (non-hydrogen) atoms. The third kappa shape index (κ3) is 1.01. The zero-order valence-corrected chi connectivity index (χ0v) is 5.19. The molecule has 0 radical (unpaired) electrons. The van der Waals surface area contributed by atoms with Gasteiger partial charge in [0.25, 0.3) is 0 Å². The number of rotatable bonds is 1. The molecule has 0 amide bonds. The zero-order chi connectivity index (χ0) is 6.04. The summed E-state index contributed by atoms with van der Waals surface area (Å²) < 4.78 is 0. The van der Waals surface area contributed by atoms with Crippen molar-refractivity contribution in [1.82, 2.24) is 0 Å². The fraction of sp³-hybridized carbons (Fsp3) is 1.00. The molecule has 0 aliphatic heterocycles. The molecule has 0 unspecified atom stereocenters. The van der Waals surface area contributed by atoms with E-state index in [1.165, 1.54) is 12.8 Å². The van der Waals surface area contributed by atoms with E-state index in [9.17, 15) is 0 Å². The van der Waals surface area contributed by atoms with E-state index in [1.54, 1.807) is 0 Å². The van der Waals surface area contributed by atoms with Crippen LogP contribution in [0.1, 0.15) is 25.7 Å². The molecule has 1 saturated carbocycles. The minimum absolute atomic E-state index is 0.0417. The van der Waals surface area contributed by atoms with Crippen molar-refractivity contribution in [3.8, 4) is 0 Å². The van der Waals surface area contributed by atoms with E-state index in [0.717, 1.165) is 12.8 Å². The van der Waals surface area contributed by atoms with Gasteiger partial charge in [0, 0.05) is 12.8 Å². The lowest BCUT2D eigenvalue weighted by Crippen LogP contribution is -2.73. The summed E-state index contributed by atoms with van der Waals surface area (Å²) in [4.78, 5) is 0. The van der Waals surface area contributed by atoms with Crippen LogP contribution < -0.4 is 5.73 Å². The van der Waals surface area contributed by atoms with Crippen molar-refractivity contribution in [1.29, 1.82) is 0 Å². The number of aliphatic hydroxyl groups excluding tert-OH is 1. The first-order valence-electron chi connectivity index (χ1n) is 3.23. The van der Waals surface area contributed by atoms with Gasteiger partial charge in [-0.05, 0) is 12.8 Å². The lowest BCUT2D eigenvalue weighted by molar-refractivity contribution is -0.481. The Hall–Kier alpha value is -0.0800. The van der Waals surface area contributed by atoms with Gasteiger partial charge in [0.1, 0.15) is 5.54 Å². The molecule has 0 aromatic rings. The van der Waals surface area contributed by atoms with Crippen LogP contribution in [-0.4, -0.2) is 17.3 Å². The molecule has 1 rings (SSSR count). The Labute approximate surface area is 49.7 Å². The third-order valence-electron chi connectivity index (χ3n) is 2.00. The maximum absolute atomic E-state index is 8.76. The van der Waals surface area contributed by atoms with Gasteiger partial charge in [-0.25, -0.2) is 0 Å². The molecule has 0 aromatic carbocycles. The Balaban J connectivity index is 2.40. The topological polar surface area (TPSA) is 47.9 Å². The second-order valence-electron chi connectivity index (χ2n) is 2.87. The summed E-state index contributed by atoms with van der Waals surface area (Å²) in [6.45, 7) is 0.271. The lowest BCUT2D eigenvalue weighted by Gasteiger charge is -2.14. The first-order valence-corrected chi connectivity index (χ1v) is 3.23. The molecule has 2 heteroatoms. The van der Waals surface area contributed by atoms with Gasteiger partial charge in [-0.3, -0.25) is 0 Å². The summed E-state index contributed by atoms with van der Waals surface area (Å²) in [6.07, 6.45) is 4.74. The maximum atomic E-state index is 8.76. The van der Waals surface area contributed by atoms with Crippen LogP contribution in [0, 0.1) is 0 Å². The van der Waals surface area contributed by atoms with Crippen molar-refractivity contribution in [2.45, 2.75) is 31.2 Å². The molecule has 2 nitrogen and oxygen atoms in total. The molecule has 48 valence electrons. The molecule has 1 aliphatic rings. The summed E-state index contributed by atoms with van der Waals surface area (Å²) in [6, 6.07) is 0. The van der Waals surface area contributed by atoms with Crippen LogP contribution in [0.2, 0.25) is 0 Å². The average molecular weight is 116 g/mol. The Morgan fingerprint density at radius 2 is 1.88 bits per heavy atom. The maximum Gasteiger partial charge on any atom is 0.118 e. The minimum Gasteiger partial charge on any atom is -0.390 e. The van der Waals surface area contributed by atoms with E-state index in [2.05, 4.69) is 5.73 Å². The molecule has 1 fully saturated rings. The highest BCUT2D eigenvalue weighted by Gasteiger charge is 2.31. The van der Waals surface area contributed by atoms with Crippen molar-refractivity contribution in [3.63, 3.8) is 0 Å². The molecule has 0 heterocycles. The Kier molecular flexibility index (Phi) is 1.54. The summed E-state index contributed by atoms with van der Waals surface area (Å²) in [5.41, 5.74) is 3.98. The number of hydrogen-bond acceptors (Lipinski definition) is 1. The van der Waals surface area contributed by atoms with Crippen LogP contribution in [-0.2, 0) is 0 Å². The van der Waals surface area contributed by atoms with Crippen molar-refractivity contribution in [2.75, 3.05) is 6.61 Å². The van der Waals surface area contributed by atoms with Gasteiger partial charge in [-0.2, -0.15) is 0 Å². The van der Waals surface area contributed by atoms with Crippen LogP contribution in [0.25, 0.3) is 0 Å². The van der Waals surface area contributed by atoms with Crippen LogP contribution in [0.15, 0.2) is 0 Å². The summed E-state index contributed by atoms with van der Waals surface area (Å²) in [7, 11) is 0. The lowest BCUT2D eigenvalue weighted by atomic mass is 10.0. The van der Waals surface area contributed by atoms with Gasteiger partial charge in [-0.1, -0.05) is 0 Å². The summed E-state index contributed by atoms with van der Waals surface area (Å²) >= 11 is 0. The quantitative estimate of drug-likeness (QED) is 0.478. The predicted molar refractivity (Wildman–Crippen MR) is 31.2 cm³/mol. The second-order valence-corrected chi connectivity index (χ2v) is 2.87. The van der Waals surface area contributed by atoms with Crippen molar-refractivity contribution in [2.24, 2.45) is 0 Å². The molecule has 0 saturated heterocycles. The normalized spacial score (nSPS) is 26.2. The van der Waals surface area contributed by atoms with E-state index in [0.29, 0.717) is 0 Å². The minimum atomic E-state index is 0.0417. The van der Waals surface area contributed by atoms with Crippen molar-refractivity contribution in [3.05, 3.63) is 0 Å². The van der Waals surface area contributed by atoms with Gasteiger partial charge in [-0.15, -0.1) is 0 Å². The fourth-order valence-electron chi connectivity index (χ4n) is 1.28. The second kappa shape index (κ2) is 2.03. The molecule has 0 aromatic heterocycles. The third-order valence-corrected chi connectivity index (χ3v) is 2.00. The molecule has 0 atom stereocenters. The largest absolute Gasteiger partial charge is 0.390 e. The first kappa shape index (κ1) is 6.05. The Morgan fingerprint density at radius 3 is 2.12 bits per heavy atom. The fourth-order valence-corrected chi connectivity index (χ4v) is 1.28. The van der Waals surface area contributed by atoms with Gasteiger partial charge in [0.15, 0.2) is 0 Å². The first-order chi connectivity index (χ1) is 3.77. The summed E-state index contributed by atoms with van der Waals surface area (Å²) in [5, 5.41) is 8.76. The SMILES string of the molecule is [NH3+]C1(CO)CCCC1. The van der Waals surface area contributed by atoms with E-state index in [-0.39, 0.29) is 12.1 Å². The molecule has 4 N–H and O–H groups in total. The van der Waals surface area contributed by atoms with Crippen LogP contribution in [0.3, 0.4) is 0 Å². The number of aliphatic hydroxyl groups is 1. The van der Waals surface area contributed by atoms with Crippen molar-refractivity contribution < 1.29 is 10.8 Å². The average Bonchev–Trinajstić information content (AvgIpc) is 2.17. The highest BCUT2D eigenvalue weighted by Crippen LogP contribution is 2.24. The van der Waals surface area contributed by atoms with Crippen LogP contribution in [0.5, 0.6) is 0 Å². The number of hydrogen-bond donors (Lipinski definition) is 2. The van der Waals surface area contributed by atoms with Gasteiger partial charge >= 0.3 is 0 Å². The molecule has 1 aliphatic carbocycles. The smallest absolute Gasteiger partial charge is 0.118 e. The van der Waals surface area contributed by atoms with E-state index in [1.807, 2.05) is 0 Å². The number of quaternary nitrogens is 1. The van der Waals surface area contributed by atoms with Gasteiger partial charge in [0.2, 0.25) is 0 Å². The van der Waals surface area contributed by atoms with Crippen molar-refractivity contribution >= 4 is 0 Å². The Bertz CT molecular complexity index is 76.6. The van der Waals surface area contributed by atoms with Crippen LogP contribution >= 0.6 is 0 Å². The van der Waals surface area contributed by atoms with Gasteiger partial charge < -0.3 is 10.8 Å².